The number of ether oxygens (including phenoxy) is 1. The van der Waals surface area contributed by atoms with Gasteiger partial charge in [-0.25, -0.2) is 0 Å². The van der Waals surface area contributed by atoms with E-state index in [1.165, 1.54) is 11.3 Å². The Labute approximate surface area is 222 Å². The lowest BCUT2D eigenvalue weighted by Crippen LogP contribution is -2.57. The van der Waals surface area contributed by atoms with Crippen molar-refractivity contribution in [2.75, 3.05) is 31.1 Å². The summed E-state index contributed by atoms with van der Waals surface area (Å²) in [5.41, 5.74) is 3.33. The lowest BCUT2D eigenvalue weighted by atomic mass is 9.89. The maximum atomic E-state index is 13.4. The van der Waals surface area contributed by atoms with Crippen molar-refractivity contribution in [1.29, 1.82) is 0 Å². The summed E-state index contributed by atoms with van der Waals surface area (Å²) in [4.78, 5) is 30.3. The number of nitrogens with one attached hydrogen (secondary N) is 1. The van der Waals surface area contributed by atoms with E-state index in [9.17, 15) is 9.59 Å². The number of benzene rings is 2. The van der Waals surface area contributed by atoms with Crippen LogP contribution in [0, 0.1) is 6.92 Å². The SMILES string of the molecule is CCN(CCCNC(=O)CN1C(=O)/C(=C\c2cccc(Br)c2)OC2CCCCC21)c1cccc(C)c1. The molecular formula is C29H36BrN3O3. The average molecular weight is 555 g/mol. The Morgan fingerprint density at radius 1 is 1.19 bits per heavy atom. The van der Waals surface area contributed by atoms with E-state index in [-0.39, 0.29) is 30.5 Å². The molecule has 1 aliphatic carbocycles. The molecule has 2 fully saturated rings. The van der Waals surface area contributed by atoms with E-state index in [4.69, 9.17) is 4.74 Å². The van der Waals surface area contributed by atoms with Gasteiger partial charge in [0.2, 0.25) is 5.91 Å². The van der Waals surface area contributed by atoms with Gasteiger partial charge >= 0.3 is 0 Å². The normalized spacial score (nSPS) is 20.6. The van der Waals surface area contributed by atoms with Gasteiger partial charge in [-0.1, -0.05) is 46.6 Å². The molecule has 2 atom stereocenters. The third kappa shape index (κ3) is 6.69. The Kier molecular flexibility index (Phi) is 9.08. The third-order valence-electron chi connectivity index (χ3n) is 6.95. The fourth-order valence-corrected chi connectivity index (χ4v) is 5.53. The first-order valence-corrected chi connectivity index (χ1v) is 13.8. The van der Waals surface area contributed by atoms with Crippen molar-refractivity contribution in [1.82, 2.24) is 10.2 Å². The first kappa shape index (κ1) is 26.3. The molecule has 0 aromatic heterocycles. The van der Waals surface area contributed by atoms with Crippen molar-refractivity contribution < 1.29 is 14.3 Å². The minimum atomic E-state index is -0.204. The number of halogens is 1. The number of carbonyl (C=O) groups is 2. The second-order valence-electron chi connectivity index (χ2n) is 9.63. The minimum absolute atomic E-state index is 0.0476. The largest absolute Gasteiger partial charge is 0.482 e. The molecule has 192 valence electrons. The van der Waals surface area contributed by atoms with Crippen molar-refractivity contribution in [3.05, 3.63) is 69.9 Å². The number of fused-ring (bicyclic) bond motifs is 1. The second-order valence-corrected chi connectivity index (χ2v) is 10.5. The van der Waals surface area contributed by atoms with Gasteiger partial charge in [-0.05, 0) is 81.0 Å². The zero-order valence-electron chi connectivity index (χ0n) is 21.2. The molecule has 1 saturated heterocycles. The summed E-state index contributed by atoms with van der Waals surface area (Å²) in [5.74, 6) is 0.000608. The fraction of sp³-hybridized carbons (Fsp3) is 0.448. The van der Waals surface area contributed by atoms with Crippen LogP contribution in [0.1, 0.15) is 50.2 Å². The molecule has 2 aromatic carbocycles. The van der Waals surface area contributed by atoms with Crippen molar-refractivity contribution in [3.63, 3.8) is 0 Å². The lowest BCUT2D eigenvalue weighted by molar-refractivity contribution is -0.151. The molecule has 4 rings (SSSR count). The van der Waals surface area contributed by atoms with Crippen LogP contribution in [0.4, 0.5) is 5.69 Å². The van der Waals surface area contributed by atoms with Crippen molar-refractivity contribution in [3.8, 4) is 0 Å². The maximum absolute atomic E-state index is 13.4. The number of aryl methyl sites for hydroxylation is 1. The van der Waals surface area contributed by atoms with Crippen LogP contribution in [0.3, 0.4) is 0 Å². The van der Waals surface area contributed by atoms with E-state index in [2.05, 4.69) is 64.3 Å². The van der Waals surface area contributed by atoms with Crippen LogP contribution in [0.15, 0.2) is 58.8 Å². The molecule has 0 bridgehead atoms. The highest BCUT2D eigenvalue weighted by Gasteiger charge is 2.42. The molecule has 1 heterocycles. The van der Waals surface area contributed by atoms with Crippen molar-refractivity contribution in [2.24, 2.45) is 0 Å². The van der Waals surface area contributed by atoms with Crippen LogP contribution in [0.5, 0.6) is 0 Å². The molecule has 2 amide bonds. The summed E-state index contributed by atoms with van der Waals surface area (Å²) in [7, 11) is 0. The van der Waals surface area contributed by atoms with Crippen LogP contribution in [-0.4, -0.2) is 55.0 Å². The molecule has 2 aromatic rings. The first-order chi connectivity index (χ1) is 17.4. The molecule has 36 heavy (non-hydrogen) atoms. The van der Waals surface area contributed by atoms with Gasteiger partial charge in [0.05, 0.1) is 6.04 Å². The van der Waals surface area contributed by atoms with E-state index in [1.807, 2.05) is 24.3 Å². The summed E-state index contributed by atoms with van der Waals surface area (Å²) < 4.78 is 7.10. The summed E-state index contributed by atoms with van der Waals surface area (Å²) in [6.45, 7) is 6.66. The summed E-state index contributed by atoms with van der Waals surface area (Å²) in [5, 5.41) is 3.03. The Hall–Kier alpha value is -2.80. The zero-order valence-corrected chi connectivity index (χ0v) is 22.8. The minimum Gasteiger partial charge on any atom is -0.482 e. The van der Waals surface area contributed by atoms with Gasteiger partial charge in [-0.3, -0.25) is 9.59 Å². The lowest BCUT2D eigenvalue weighted by Gasteiger charge is -2.44. The molecule has 2 aliphatic rings. The standard InChI is InChI=1S/C29H36BrN3O3/c1-3-32(24-12-6-9-21(2)17-24)16-8-15-31-28(34)20-33-25-13-4-5-14-26(25)36-27(29(33)35)19-22-10-7-11-23(30)18-22/h6-7,9-12,17-19,25-26H,3-5,8,13-16,20H2,1-2H3,(H,31,34)/b27-19+. The molecule has 2 unspecified atom stereocenters. The smallest absolute Gasteiger partial charge is 0.289 e. The Morgan fingerprint density at radius 2 is 2.00 bits per heavy atom. The van der Waals surface area contributed by atoms with Crippen LogP contribution < -0.4 is 10.2 Å². The predicted molar refractivity (Wildman–Crippen MR) is 148 cm³/mol. The van der Waals surface area contributed by atoms with Gasteiger partial charge in [-0.2, -0.15) is 0 Å². The highest BCUT2D eigenvalue weighted by Crippen LogP contribution is 2.33. The second kappa shape index (κ2) is 12.4. The summed E-state index contributed by atoms with van der Waals surface area (Å²) >= 11 is 3.48. The molecule has 1 saturated carbocycles. The Balaban J connectivity index is 1.35. The van der Waals surface area contributed by atoms with Gasteiger partial charge in [-0.15, -0.1) is 0 Å². The molecule has 0 spiro atoms. The summed E-state index contributed by atoms with van der Waals surface area (Å²) in [6.07, 6.45) is 6.46. The molecule has 1 N–H and O–H groups in total. The maximum Gasteiger partial charge on any atom is 0.289 e. The molecular weight excluding hydrogens is 518 g/mol. The molecule has 6 nitrogen and oxygen atoms in total. The van der Waals surface area contributed by atoms with Gasteiger partial charge in [0.25, 0.3) is 5.91 Å². The quantitative estimate of drug-likeness (QED) is 0.338. The van der Waals surface area contributed by atoms with E-state index >= 15 is 0 Å². The van der Waals surface area contributed by atoms with Gasteiger partial charge in [0.1, 0.15) is 12.6 Å². The van der Waals surface area contributed by atoms with Gasteiger partial charge in [0, 0.05) is 29.8 Å². The monoisotopic (exact) mass is 553 g/mol. The summed E-state index contributed by atoms with van der Waals surface area (Å²) in [6, 6.07) is 16.2. The molecule has 1 aliphatic heterocycles. The number of nitrogens with zero attached hydrogens (tertiary/aromatic N) is 2. The average Bonchev–Trinajstić information content (AvgIpc) is 2.86. The van der Waals surface area contributed by atoms with Crippen molar-refractivity contribution in [2.45, 2.75) is 58.1 Å². The van der Waals surface area contributed by atoms with Crippen molar-refractivity contribution >= 4 is 39.5 Å². The number of amides is 2. The predicted octanol–water partition coefficient (Wildman–Crippen LogP) is 5.30. The molecule has 0 radical (unpaired) electrons. The van der Waals surface area contributed by atoms with E-state index in [1.54, 1.807) is 11.0 Å². The number of rotatable bonds is 9. The Bertz CT molecular complexity index is 1100. The van der Waals surface area contributed by atoms with E-state index in [0.29, 0.717) is 12.3 Å². The number of hydrogen-bond acceptors (Lipinski definition) is 4. The fourth-order valence-electron chi connectivity index (χ4n) is 5.11. The van der Waals surface area contributed by atoms with E-state index < -0.39 is 0 Å². The first-order valence-electron chi connectivity index (χ1n) is 13.0. The van der Waals surface area contributed by atoms with Crippen LogP contribution >= 0.6 is 15.9 Å². The highest BCUT2D eigenvalue weighted by molar-refractivity contribution is 9.10. The third-order valence-corrected chi connectivity index (χ3v) is 7.45. The van der Waals surface area contributed by atoms with E-state index in [0.717, 1.165) is 55.2 Å². The van der Waals surface area contributed by atoms with Crippen LogP contribution in [0.25, 0.3) is 6.08 Å². The van der Waals surface area contributed by atoms with Gasteiger partial charge in [0.15, 0.2) is 5.76 Å². The number of morpholine rings is 1. The van der Waals surface area contributed by atoms with Crippen LogP contribution in [0.2, 0.25) is 0 Å². The number of anilines is 1. The Morgan fingerprint density at radius 3 is 2.78 bits per heavy atom. The van der Waals surface area contributed by atoms with Crippen LogP contribution in [-0.2, 0) is 14.3 Å². The zero-order chi connectivity index (χ0) is 25.5. The molecule has 7 heteroatoms. The number of carbonyl (C=O) groups excluding carboxylic acids is 2. The topological polar surface area (TPSA) is 61.9 Å². The number of hydrogen-bond donors (Lipinski definition) is 1. The van der Waals surface area contributed by atoms with Gasteiger partial charge < -0.3 is 19.9 Å². The highest BCUT2D eigenvalue weighted by atomic mass is 79.9.